The smallest absolute Gasteiger partial charge is 0.123 e. The molecular formula is C15H26N2O. The van der Waals surface area contributed by atoms with E-state index in [-0.39, 0.29) is 0 Å². The van der Waals surface area contributed by atoms with Crippen LogP contribution in [0.1, 0.15) is 30.5 Å². The van der Waals surface area contributed by atoms with Crippen molar-refractivity contribution in [3.05, 3.63) is 29.3 Å². The second-order valence-electron chi connectivity index (χ2n) is 4.80. The van der Waals surface area contributed by atoms with E-state index in [1.54, 1.807) is 7.11 Å². The Labute approximate surface area is 111 Å². The largest absolute Gasteiger partial charge is 0.496 e. The maximum atomic E-state index is 5.51. The third-order valence-electron chi connectivity index (χ3n) is 3.35. The minimum Gasteiger partial charge on any atom is -0.496 e. The Hall–Kier alpha value is -1.06. The molecule has 1 unspecified atom stereocenters. The van der Waals surface area contributed by atoms with Crippen LogP contribution in [0.4, 0.5) is 0 Å². The van der Waals surface area contributed by atoms with Gasteiger partial charge in [0.05, 0.1) is 7.11 Å². The van der Waals surface area contributed by atoms with Gasteiger partial charge in [-0.15, -0.1) is 0 Å². The zero-order valence-electron chi connectivity index (χ0n) is 12.3. The number of benzene rings is 1. The lowest BCUT2D eigenvalue weighted by Crippen LogP contribution is -2.24. The number of hydrogen-bond donors (Lipinski definition) is 1. The van der Waals surface area contributed by atoms with Crippen molar-refractivity contribution in [1.29, 1.82) is 0 Å². The molecule has 1 N–H and O–H groups in total. The van der Waals surface area contributed by atoms with Gasteiger partial charge in [0.25, 0.3) is 0 Å². The van der Waals surface area contributed by atoms with Crippen LogP contribution in [0, 0.1) is 0 Å². The number of aryl methyl sites for hydroxylation is 1. The van der Waals surface area contributed by atoms with Gasteiger partial charge >= 0.3 is 0 Å². The van der Waals surface area contributed by atoms with E-state index in [2.05, 4.69) is 49.4 Å². The fraction of sp³-hybridized carbons (Fsp3) is 0.600. The Morgan fingerprint density at radius 2 is 2.06 bits per heavy atom. The first-order chi connectivity index (χ1) is 8.63. The van der Waals surface area contributed by atoms with Gasteiger partial charge in [0, 0.05) is 11.6 Å². The summed E-state index contributed by atoms with van der Waals surface area (Å²) in [6.45, 7) is 3.19. The number of nitrogens with one attached hydrogen (secondary N) is 1. The molecule has 3 nitrogen and oxygen atoms in total. The fourth-order valence-corrected chi connectivity index (χ4v) is 2.24. The maximum absolute atomic E-state index is 5.51. The second-order valence-corrected chi connectivity index (χ2v) is 4.80. The van der Waals surface area contributed by atoms with E-state index in [1.807, 2.05) is 7.05 Å². The van der Waals surface area contributed by atoms with Crippen molar-refractivity contribution in [2.45, 2.75) is 25.8 Å². The van der Waals surface area contributed by atoms with E-state index in [0.717, 1.165) is 25.1 Å². The number of methoxy groups -OCH3 is 1. The van der Waals surface area contributed by atoms with Crippen molar-refractivity contribution in [3.63, 3.8) is 0 Å². The zero-order chi connectivity index (χ0) is 13.5. The van der Waals surface area contributed by atoms with E-state index in [9.17, 15) is 0 Å². The molecule has 102 valence electrons. The zero-order valence-corrected chi connectivity index (χ0v) is 12.3. The molecule has 1 atom stereocenters. The Bertz CT molecular complexity index is 364. The van der Waals surface area contributed by atoms with Crippen LogP contribution in [-0.2, 0) is 6.42 Å². The topological polar surface area (TPSA) is 24.5 Å². The highest BCUT2D eigenvalue weighted by Gasteiger charge is 2.18. The molecule has 0 spiro atoms. The van der Waals surface area contributed by atoms with Crippen LogP contribution in [-0.4, -0.2) is 39.7 Å². The Morgan fingerprint density at radius 3 is 2.56 bits per heavy atom. The molecule has 3 heteroatoms. The first kappa shape index (κ1) is 15.0. The highest BCUT2D eigenvalue weighted by molar-refractivity contribution is 5.39. The van der Waals surface area contributed by atoms with E-state index < -0.39 is 0 Å². The summed E-state index contributed by atoms with van der Waals surface area (Å²) in [5.74, 6) is 0.988. The van der Waals surface area contributed by atoms with E-state index in [4.69, 9.17) is 4.74 Å². The summed E-state index contributed by atoms with van der Waals surface area (Å²) in [5.41, 5.74) is 2.65. The van der Waals surface area contributed by atoms with Crippen LogP contribution < -0.4 is 10.1 Å². The monoisotopic (exact) mass is 250 g/mol. The van der Waals surface area contributed by atoms with Crippen molar-refractivity contribution in [2.75, 3.05) is 34.8 Å². The third-order valence-corrected chi connectivity index (χ3v) is 3.35. The molecule has 0 aliphatic carbocycles. The van der Waals surface area contributed by atoms with Crippen LogP contribution in [0.15, 0.2) is 18.2 Å². The van der Waals surface area contributed by atoms with Gasteiger partial charge in [0.2, 0.25) is 0 Å². The summed E-state index contributed by atoms with van der Waals surface area (Å²) >= 11 is 0. The summed E-state index contributed by atoms with van der Waals surface area (Å²) in [5, 5.41) is 3.22. The third kappa shape index (κ3) is 3.72. The van der Waals surface area contributed by atoms with Gasteiger partial charge in [-0.3, -0.25) is 0 Å². The van der Waals surface area contributed by atoms with Gasteiger partial charge < -0.3 is 15.0 Å². The number of hydrogen-bond acceptors (Lipinski definition) is 3. The molecule has 0 aliphatic rings. The van der Waals surface area contributed by atoms with Gasteiger partial charge in [-0.25, -0.2) is 0 Å². The average molecular weight is 250 g/mol. The summed E-state index contributed by atoms with van der Waals surface area (Å²) < 4.78 is 5.51. The summed E-state index contributed by atoms with van der Waals surface area (Å²) in [4.78, 5) is 2.26. The van der Waals surface area contributed by atoms with Crippen LogP contribution in [0.25, 0.3) is 0 Å². The first-order valence-electron chi connectivity index (χ1n) is 6.61. The van der Waals surface area contributed by atoms with E-state index in [0.29, 0.717) is 6.04 Å². The van der Waals surface area contributed by atoms with Crippen LogP contribution in [0.3, 0.4) is 0 Å². The molecule has 0 heterocycles. The molecule has 0 fully saturated rings. The number of rotatable bonds is 7. The van der Waals surface area contributed by atoms with Crippen LogP contribution >= 0.6 is 0 Å². The highest BCUT2D eigenvalue weighted by atomic mass is 16.5. The molecule has 18 heavy (non-hydrogen) atoms. The molecular weight excluding hydrogens is 224 g/mol. The van der Waals surface area contributed by atoms with E-state index >= 15 is 0 Å². The minimum absolute atomic E-state index is 0.388. The minimum atomic E-state index is 0.388. The standard InChI is InChI=1S/C15H26N2O/c1-6-12-7-8-15(18-5)13(11-12)14(17(3)4)9-10-16-2/h7-8,11,14,16H,6,9-10H2,1-5H3. The lowest BCUT2D eigenvalue weighted by molar-refractivity contribution is 0.273. The molecule has 0 aliphatic heterocycles. The lowest BCUT2D eigenvalue weighted by Gasteiger charge is -2.26. The normalized spacial score (nSPS) is 12.8. The van der Waals surface area contributed by atoms with Gasteiger partial charge in [-0.2, -0.15) is 0 Å². The number of nitrogens with zero attached hydrogens (tertiary/aromatic N) is 1. The molecule has 0 aromatic heterocycles. The molecule has 0 bridgehead atoms. The van der Waals surface area contributed by atoms with Gasteiger partial charge in [0.1, 0.15) is 5.75 Å². The van der Waals surface area contributed by atoms with Crippen molar-refractivity contribution in [3.8, 4) is 5.75 Å². The fourth-order valence-electron chi connectivity index (χ4n) is 2.24. The molecule has 0 saturated carbocycles. The molecule has 1 aromatic rings. The molecule has 1 aromatic carbocycles. The van der Waals surface area contributed by atoms with Crippen molar-refractivity contribution in [2.24, 2.45) is 0 Å². The summed E-state index contributed by atoms with van der Waals surface area (Å²) in [7, 11) is 7.98. The average Bonchev–Trinajstić information content (AvgIpc) is 2.38. The van der Waals surface area contributed by atoms with E-state index in [1.165, 1.54) is 11.1 Å². The molecule has 0 radical (unpaired) electrons. The summed E-state index contributed by atoms with van der Waals surface area (Å²) in [6.07, 6.45) is 2.14. The Balaban J connectivity index is 3.07. The molecule has 0 saturated heterocycles. The van der Waals surface area contributed by atoms with Crippen LogP contribution in [0.5, 0.6) is 5.75 Å². The van der Waals surface area contributed by atoms with Crippen molar-refractivity contribution < 1.29 is 4.74 Å². The van der Waals surface area contributed by atoms with Crippen molar-refractivity contribution in [1.82, 2.24) is 10.2 Å². The lowest BCUT2D eigenvalue weighted by atomic mass is 9.98. The first-order valence-corrected chi connectivity index (χ1v) is 6.61. The highest BCUT2D eigenvalue weighted by Crippen LogP contribution is 2.31. The SMILES string of the molecule is CCc1ccc(OC)c(C(CCNC)N(C)C)c1. The van der Waals surface area contributed by atoms with Gasteiger partial charge in [-0.05, 0) is 52.2 Å². The van der Waals surface area contributed by atoms with Crippen LogP contribution in [0.2, 0.25) is 0 Å². The predicted octanol–water partition coefficient (Wildman–Crippen LogP) is 2.47. The predicted molar refractivity (Wildman–Crippen MR) is 77.3 cm³/mol. The molecule has 0 amide bonds. The van der Waals surface area contributed by atoms with Crippen molar-refractivity contribution >= 4 is 0 Å². The quantitative estimate of drug-likeness (QED) is 0.804. The van der Waals surface area contributed by atoms with Gasteiger partial charge in [0.15, 0.2) is 0 Å². The second kappa shape index (κ2) is 7.39. The summed E-state index contributed by atoms with van der Waals surface area (Å²) in [6, 6.07) is 6.90. The maximum Gasteiger partial charge on any atom is 0.123 e. The molecule has 1 rings (SSSR count). The number of ether oxygens (including phenoxy) is 1. The Morgan fingerprint density at radius 1 is 1.33 bits per heavy atom. The Kier molecular flexibility index (Phi) is 6.16. The van der Waals surface area contributed by atoms with Gasteiger partial charge in [-0.1, -0.05) is 19.1 Å².